The maximum absolute atomic E-state index is 12.7. The molecule has 11 heteroatoms. The van der Waals surface area contributed by atoms with Gasteiger partial charge in [0.15, 0.2) is 11.5 Å². The first-order chi connectivity index (χ1) is 16.5. The molecule has 4 aromatic carbocycles. The summed E-state index contributed by atoms with van der Waals surface area (Å²) in [6, 6.07) is 16.9. The molecule has 0 spiro atoms. The number of azo groups is 1. The van der Waals surface area contributed by atoms with Gasteiger partial charge in [-0.15, -0.1) is 0 Å². The molecule has 0 unspecified atom stereocenters. The van der Waals surface area contributed by atoms with Crippen LogP contribution in [0.15, 0.2) is 76.0 Å². The first kappa shape index (κ1) is 25.9. The molecular formula is C24H19N6O4Y-. The summed E-state index contributed by atoms with van der Waals surface area (Å²) in [5.74, 6) is -2.18. The van der Waals surface area contributed by atoms with Gasteiger partial charge in [-0.25, -0.2) is 0 Å². The third kappa shape index (κ3) is 5.03. The number of phenolic OH excluding ortho intramolecular Hbond substituents is 2. The van der Waals surface area contributed by atoms with Gasteiger partial charge >= 0.3 is 0 Å². The maximum atomic E-state index is 12.7. The predicted molar refractivity (Wildman–Crippen MR) is 127 cm³/mol. The van der Waals surface area contributed by atoms with Crippen molar-refractivity contribution in [2.45, 2.75) is 0 Å². The summed E-state index contributed by atoms with van der Waals surface area (Å²) in [7, 11) is 1.45. The summed E-state index contributed by atoms with van der Waals surface area (Å²) < 4.78 is 0. The van der Waals surface area contributed by atoms with Gasteiger partial charge in [0.2, 0.25) is 0 Å². The largest absolute Gasteiger partial charge is 0.706 e. The first-order valence-electron chi connectivity index (χ1n) is 10.2. The van der Waals surface area contributed by atoms with Crippen molar-refractivity contribution < 1.29 is 52.5 Å². The Morgan fingerprint density at radius 1 is 0.829 bits per heavy atom. The topological polar surface area (TPSA) is 158 Å². The molecule has 0 aliphatic heterocycles. The van der Waals surface area contributed by atoms with E-state index in [-0.39, 0.29) is 67.6 Å². The van der Waals surface area contributed by atoms with Crippen molar-refractivity contribution in [2.24, 2.45) is 15.3 Å². The molecule has 0 atom stereocenters. The van der Waals surface area contributed by atoms with Gasteiger partial charge in [0.05, 0.1) is 23.5 Å². The molecule has 0 bridgehead atoms. The summed E-state index contributed by atoms with van der Waals surface area (Å²) in [5, 5.41) is 39.1. The van der Waals surface area contributed by atoms with Crippen LogP contribution in [0.3, 0.4) is 0 Å². The zero-order valence-electron chi connectivity index (χ0n) is 18.6. The number of hydrogen-bond donors (Lipinski definition) is 4. The number of hydrogen-bond acceptors (Lipinski definition) is 7. The number of rotatable bonds is 6. The van der Waals surface area contributed by atoms with Crippen molar-refractivity contribution in [1.82, 2.24) is 10.6 Å². The number of carbonyl (C=O) groups excluding carboxylic acids is 2. The Balaban J connectivity index is 0.00000342. The molecule has 4 aromatic rings. The number of fused-ring (bicyclic) bond motifs is 2. The molecule has 0 fully saturated rings. The minimum Gasteiger partial charge on any atom is -0.706 e. The zero-order valence-corrected chi connectivity index (χ0v) is 21.4. The number of aromatic hydroxyl groups is 2. The number of nitrogens with zero attached hydrogens (tertiary/aromatic N) is 4. The Labute approximate surface area is 224 Å². The number of carbonyl (C=O) groups is 2. The average Bonchev–Trinajstić information content (AvgIpc) is 2.85. The second-order valence-corrected chi connectivity index (χ2v) is 7.27. The van der Waals surface area contributed by atoms with Crippen LogP contribution in [0.25, 0.3) is 27.1 Å². The minimum atomic E-state index is -0.698. The van der Waals surface area contributed by atoms with E-state index in [0.717, 1.165) is 0 Å². The Hall–Kier alpha value is -3.76. The van der Waals surface area contributed by atoms with Crippen molar-refractivity contribution in [3.63, 3.8) is 0 Å². The van der Waals surface area contributed by atoms with Crippen LogP contribution in [0.4, 0.5) is 11.4 Å². The quantitative estimate of drug-likeness (QED) is 0.201. The Bertz CT molecular complexity index is 1490. The van der Waals surface area contributed by atoms with Crippen LogP contribution in [0.2, 0.25) is 0 Å². The number of phenols is 2. The summed E-state index contributed by atoms with van der Waals surface area (Å²) in [5.41, 5.74) is 9.17. The second kappa shape index (κ2) is 11.1. The van der Waals surface area contributed by atoms with Gasteiger partial charge in [0.1, 0.15) is 5.69 Å². The predicted octanol–water partition coefficient (Wildman–Crippen LogP) is 4.89. The van der Waals surface area contributed by atoms with Gasteiger partial charge in [-0.3, -0.25) is 9.59 Å². The van der Waals surface area contributed by atoms with E-state index in [1.807, 2.05) is 0 Å². The average molecular weight is 544 g/mol. The fourth-order valence-electron chi connectivity index (χ4n) is 3.68. The van der Waals surface area contributed by atoms with Gasteiger partial charge in [0.25, 0.3) is 11.8 Å². The summed E-state index contributed by atoms with van der Waals surface area (Å²) in [6.07, 6.45) is 0. The van der Waals surface area contributed by atoms with Crippen LogP contribution in [0.1, 0.15) is 20.7 Å². The molecule has 1 radical (unpaired) electrons. The SMILES string of the molecule is CN=Nc1c(O)c(C(=O)NCNC(=O)c2cc3ccccc3c(N=[N-])c2O)cc2ccccc12.[Y]. The summed E-state index contributed by atoms with van der Waals surface area (Å²) in [6.45, 7) is -0.299. The molecule has 0 aliphatic carbocycles. The van der Waals surface area contributed by atoms with Gasteiger partial charge in [-0.1, -0.05) is 48.5 Å². The van der Waals surface area contributed by atoms with Crippen molar-refractivity contribution in [3.8, 4) is 11.5 Å². The Morgan fingerprint density at radius 3 is 1.77 bits per heavy atom. The third-order valence-electron chi connectivity index (χ3n) is 5.28. The zero-order chi connectivity index (χ0) is 24.2. The van der Waals surface area contributed by atoms with E-state index < -0.39 is 17.6 Å². The molecule has 0 aromatic heterocycles. The van der Waals surface area contributed by atoms with Crippen molar-refractivity contribution >= 4 is 44.7 Å². The first-order valence-corrected chi connectivity index (χ1v) is 10.2. The Kier molecular flexibility index (Phi) is 8.21. The van der Waals surface area contributed by atoms with E-state index in [0.29, 0.717) is 21.5 Å². The maximum Gasteiger partial charge on any atom is 0.256 e. The van der Waals surface area contributed by atoms with Crippen LogP contribution in [-0.2, 0) is 32.7 Å². The molecule has 0 heterocycles. The van der Waals surface area contributed by atoms with Crippen molar-refractivity contribution in [3.05, 3.63) is 77.3 Å². The third-order valence-corrected chi connectivity index (χ3v) is 5.28. The molecule has 0 saturated heterocycles. The van der Waals surface area contributed by atoms with E-state index in [9.17, 15) is 25.3 Å². The van der Waals surface area contributed by atoms with Crippen LogP contribution >= 0.6 is 0 Å². The number of benzene rings is 4. The fourth-order valence-corrected chi connectivity index (χ4v) is 3.68. The molecule has 4 rings (SSSR count). The van der Waals surface area contributed by atoms with E-state index in [4.69, 9.17) is 0 Å². The van der Waals surface area contributed by atoms with E-state index in [2.05, 4.69) is 26.0 Å². The monoisotopic (exact) mass is 544 g/mol. The number of nitrogens with one attached hydrogen (secondary N) is 2. The smallest absolute Gasteiger partial charge is 0.256 e. The van der Waals surface area contributed by atoms with E-state index in [1.54, 1.807) is 48.5 Å². The van der Waals surface area contributed by atoms with Gasteiger partial charge in [-0.2, -0.15) is 10.2 Å². The van der Waals surface area contributed by atoms with Crippen molar-refractivity contribution in [2.75, 3.05) is 13.7 Å². The van der Waals surface area contributed by atoms with E-state index >= 15 is 0 Å². The molecule has 2 amide bonds. The number of amides is 2. The second-order valence-electron chi connectivity index (χ2n) is 7.27. The summed E-state index contributed by atoms with van der Waals surface area (Å²) >= 11 is 0. The minimum absolute atomic E-state index is 0. The summed E-state index contributed by atoms with van der Waals surface area (Å²) in [4.78, 5) is 25.4. The fraction of sp³-hybridized carbons (Fsp3) is 0.0833. The molecule has 4 N–H and O–H groups in total. The molecule has 35 heavy (non-hydrogen) atoms. The van der Waals surface area contributed by atoms with Crippen LogP contribution in [-0.4, -0.2) is 35.7 Å². The van der Waals surface area contributed by atoms with E-state index in [1.165, 1.54) is 19.2 Å². The van der Waals surface area contributed by atoms with Crippen LogP contribution in [0, 0.1) is 0 Å². The van der Waals surface area contributed by atoms with Gasteiger partial charge < -0.3 is 31.5 Å². The molecule has 173 valence electrons. The molecule has 0 saturated carbocycles. The Morgan fingerprint density at radius 2 is 1.29 bits per heavy atom. The molecule has 0 aliphatic rings. The molecule has 10 nitrogen and oxygen atoms in total. The van der Waals surface area contributed by atoms with Gasteiger partial charge in [0, 0.05) is 50.5 Å². The molecular weight excluding hydrogens is 525 g/mol. The van der Waals surface area contributed by atoms with Crippen LogP contribution in [0.5, 0.6) is 11.5 Å². The van der Waals surface area contributed by atoms with Crippen LogP contribution < -0.4 is 10.6 Å². The standard InChI is InChI=1S/C24H19N6O4.Y/c1-26-30-20-16-9-5-3-7-14(16)11-18(22(20)32)24(34)28-12-27-23(33)17-10-13-6-2-4-8-15(13)19(29-25)21(17)31;/h2-11,31-32H,12H2,1H3,(H,27,33)(H,28,34);/q-1;. The normalized spacial score (nSPS) is 10.8. The van der Waals surface area contributed by atoms with Gasteiger partial charge in [-0.05, 0) is 22.9 Å². The van der Waals surface area contributed by atoms with Crippen molar-refractivity contribution in [1.29, 1.82) is 0 Å².